The van der Waals surface area contributed by atoms with Crippen LogP contribution in [0, 0.1) is 5.41 Å². The standard InChI is InChI=1S/C18H20N4O3/c19-15-11-5-18(7-20-8-18)4-9(11)3-10-6-22(17(25)14(10)15)12-1-2-13(23)21-16(12)24/h3,12,20H,1-2,4-8,19H2,(H,21,23,24). The Bertz CT molecular complexity index is 843. The van der Waals surface area contributed by atoms with E-state index in [0.717, 1.165) is 37.1 Å². The van der Waals surface area contributed by atoms with Crippen molar-refractivity contribution in [2.75, 3.05) is 18.8 Å². The topological polar surface area (TPSA) is 105 Å². The fraction of sp³-hybridized carbons (Fsp3) is 0.500. The van der Waals surface area contributed by atoms with Crippen LogP contribution in [0.2, 0.25) is 0 Å². The van der Waals surface area contributed by atoms with E-state index in [0.29, 0.717) is 24.2 Å². The number of hydrogen-bond donors (Lipinski definition) is 3. The molecule has 25 heavy (non-hydrogen) atoms. The minimum absolute atomic E-state index is 0.183. The molecular formula is C18H20N4O3. The van der Waals surface area contributed by atoms with Gasteiger partial charge in [0.15, 0.2) is 0 Å². The molecule has 3 heterocycles. The maximum atomic E-state index is 13.0. The van der Waals surface area contributed by atoms with Crippen molar-refractivity contribution in [3.8, 4) is 0 Å². The van der Waals surface area contributed by atoms with Gasteiger partial charge in [-0.3, -0.25) is 19.7 Å². The number of hydrogen-bond acceptors (Lipinski definition) is 5. The largest absolute Gasteiger partial charge is 0.398 e. The van der Waals surface area contributed by atoms with Gasteiger partial charge in [0.25, 0.3) is 5.91 Å². The van der Waals surface area contributed by atoms with Crippen LogP contribution in [0.4, 0.5) is 5.69 Å². The van der Waals surface area contributed by atoms with Crippen LogP contribution in [-0.2, 0) is 29.0 Å². The highest BCUT2D eigenvalue weighted by Crippen LogP contribution is 2.45. The Morgan fingerprint density at radius 2 is 1.96 bits per heavy atom. The normalized spacial score (nSPS) is 26.5. The zero-order chi connectivity index (χ0) is 17.3. The van der Waals surface area contributed by atoms with E-state index < -0.39 is 6.04 Å². The Labute approximate surface area is 144 Å². The van der Waals surface area contributed by atoms with Crippen molar-refractivity contribution >= 4 is 23.4 Å². The number of fused-ring (bicyclic) bond motifs is 2. The predicted molar refractivity (Wildman–Crippen MR) is 89.6 cm³/mol. The summed E-state index contributed by atoms with van der Waals surface area (Å²) in [5.74, 6) is -0.844. The van der Waals surface area contributed by atoms with E-state index in [9.17, 15) is 14.4 Å². The number of carbonyl (C=O) groups excluding carboxylic acids is 3. The Hall–Kier alpha value is -2.41. The summed E-state index contributed by atoms with van der Waals surface area (Å²) in [5, 5.41) is 5.66. The molecule has 4 N–H and O–H groups in total. The molecule has 1 aliphatic carbocycles. The zero-order valence-electron chi connectivity index (χ0n) is 13.9. The summed E-state index contributed by atoms with van der Waals surface area (Å²) in [6.45, 7) is 2.40. The molecule has 3 amide bonds. The number of nitrogens with zero attached hydrogens (tertiary/aromatic N) is 1. The van der Waals surface area contributed by atoms with E-state index in [4.69, 9.17) is 5.73 Å². The van der Waals surface area contributed by atoms with Crippen molar-refractivity contribution in [3.63, 3.8) is 0 Å². The first-order valence-corrected chi connectivity index (χ1v) is 8.76. The minimum atomic E-state index is -0.589. The second-order valence-corrected chi connectivity index (χ2v) is 7.82. The van der Waals surface area contributed by atoms with Crippen molar-refractivity contribution < 1.29 is 14.4 Å². The first-order chi connectivity index (χ1) is 12.0. The average Bonchev–Trinajstić information content (AvgIpc) is 3.07. The maximum absolute atomic E-state index is 13.0. The van der Waals surface area contributed by atoms with Gasteiger partial charge in [0.1, 0.15) is 6.04 Å². The van der Waals surface area contributed by atoms with Gasteiger partial charge in [0.05, 0.1) is 5.56 Å². The SMILES string of the molecule is Nc1c2c(cc3c1C(=O)N(C1CCC(=O)NC1=O)C3)CC1(CNC1)C2. The van der Waals surface area contributed by atoms with E-state index in [2.05, 4.69) is 16.7 Å². The summed E-state index contributed by atoms with van der Waals surface area (Å²) in [6.07, 6.45) is 2.55. The van der Waals surface area contributed by atoms with Crippen LogP contribution in [0.3, 0.4) is 0 Å². The highest BCUT2D eigenvalue weighted by Gasteiger charge is 2.46. The summed E-state index contributed by atoms with van der Waals surface area (Å²) >= 11 is 0. The highest BCUT2D eigenvalue weighted by molar-refractivity contribution is 6.08. The van der Waals surface area contributed by atoms with E-state index >= 15 is 0 Å². The molecule has 1 atom stereocenters. The van der Waals surface area contributed by atoms with Gasteiger partial charge in [-0.05, 0) is 36.0 Å². The molecule has 1 spiro atoms. The van der Waals surface area contributed by atoms with Crippen molar-refractivity contribution in [1.82, 2.24) is 15.5 Å². The molecule has 5 rings (SSSR count). The Kier molecular flexibility index (Phi) is 2.87. The van der Waals surface area contributed by atoms with Gasteiger partial charge in [0, 0.05) is 37.2 Å². The number of anilines is 1. The number of nitrogen functional groups attached to an aromatic ring is 1. The summed E-state index contributed by atoms with van der Waals surface area (Å²) < 4.78 is 0. The molecule has 0 saturated carbocycles. The molecular weight excluding hydrogens is 320 g/mol. The number of nitrogens with one attached hydrogen (secondary N) is 2. The van der Waals surface area contributed by atoms with Gasteiger partial charge in [0.2, 0.25) is 11.8 Å². The van der Waals surface area contributed by atoms with E-state index in [1.165, 1.54) is 5.56 Å². The number of amides is 3. The fourth-order valence-corrected chi connectivity index (χ4v) is 4.81. The minimum Gasteiger partial charge on any atom is -0.398 e. The number of nitrogens with two attached hydrogens (primary N) is 1. The molecule has 0 aromatic heterocycles. The zero-order valence-corrected chi connectivity index (χ0v) is 13.9. The van der Waals surface area contributed by atoms with Crippen LogP contribution in [0.25, 0.3) is 0 Å². The maximum Gasteiger partial charge on any atom is 0.257 e. The Morgan fingerprint density at radius 1 is 1.16 bits per heavy atom. The predicted octanol–water partition coefficient (Wildman–Crippen LogP) is -0.282. The molecule has 1 aromatic carbocycles. The lowest BCUT2D eigenvalue weighted by atomic mass is 9.79. The van der Waals surface area contributed by atoms with Gasteiger partial charge in [-0.2, -0.15) is 0 Å². The van der Waals surface area contributed by atoms with E-state index in [-0.39, 0.29) is 29.6 Å². The summed E-state index contributed by atoms with van der Waals surface area (Å²) in [7, 11) is 0. The lowest BCUT2D eigenvalue weighted by Gasteiger charge is -2.39. The lowest BCUT2D eigenvalue weighted by Crippen LogP contribution is -2.54. The molecule has 130 valence electrons. The third kappa shape index (κ3) is 1.99. The lowest BCUT2D eigenvalue weighted by molar-refractivity contribution is -0.136. The smallest absolute Gasteiger partial charge is 0.257 e. The summed E-state index contributed by atoms with van der Waals surface area (Å²) in [5.41, 5.74) is 11.1. The molecule has 4 aliphatic rings. The molecule has 3 aliphatic heterocycles. The first kappa shape index (κ1) is 14.9. The number of piperidine rings is 1. The van der Waals surface area contributed by atoms with Gasteiger partial charge in [-0.15, -0.1) is 0 Å². The molecule has 2 saturated heterocycles. The molecule has 1 unspecified atom stereocenters. The quantitative estimate of drug-likeness (QED) is 0.482. The fourth-order valence-electron chi connectivity index (χ4n) is 4.81. The van der Waals surface area contributed by atoms with E-state index in [1.54, 1.807) is 4.90 Å². The van der Waals surface area contributed by atoms with Crippen LogP contribution >= 0.6 is 0 Å². The monoisotopic (exact) mass is 340 g/mol. The van der Waals surface area contributed by atoms with Crippen molar-refractivity contribution in [3.05, 3.63) is 28.3 Å². The van der Waals surface area contributed by atoms with Crippen LogP contribution in [0.15, 0.2) is 6.07 Å². The molecule has 7 nitrogen and oxygen atoms in total. The molecule has 0 radical (unpaired) electrons. The van der Waals surface area contributed by atoms with Crippen LogP contribution in [-0.4, -0.2) is 41.8 Å². The van der Waals surface area contributed by atoms with Crippen molar-refractivity contribution in [1.29, 1.82) is 0 Å². The number of rotatable bonds is 1. The van der Waals surface area contributed by atoms with Crippen LogP contribution < -0.4 is 16.4 Å². The van der Waals surface area contributed by atoms with Crippen LogP contribution in [0.1, 0.15) is 39.9 Å². The Balaban J connectivity index is 1.48. The molecule has 0 bridgehead atoms. The van der Waals surface area contributed by atoms with Crippen LogP contribution in [0.5, 0.6) is 0 Å². The summed E-state index contributed by atoms with van der Waals surface area (Å²) in [4.78, 5) is 38.0. The van der Waals surface area contributed by atoms with Crippen molar-refractivity contribution in [2.45, 2.75) is 38.3 Å². The van der Waals surface area contributed by atoms with Gasteiger partial charge < -0.3 is 16.0 Å². The van der Waals surface area contributed by atoms with Crippen molar-refractivity contribution in [2.24, 2.45) is 5.41 Å². The van der Waals surface area contributed by atoms with Gasteiger partial charge in [-0.25, -0.2) is 0 Å². The number of imide groups is 1. The molecule has 2 fully saturated rings. The highest BCUT2D eigenvalue weighted by atomic mass is 16.2. The van der Waals surface area contributed by atoms with E-state index in [1.807, 2.05) is 0 Å². The van der Waals surface area contributed by atoms with Gasteiger partial charge in [-0.1, -0.05) is 6.07 Å². The average molecular weight is 340 g/mol. The second kappa shape index (κ2) is 4.82. The number of benzene rings is 1. The first-order valence-electron chi connectivity index (χ1n) is 8.76. The third-order valence-corrected chi connectivity index (χ3v) is 6.17. The Morgan fingerprint density at radius 3 is 2.64 bits per heavy atom. The van der Waals surface area contributed by atoms with Gasteiger partial charge >= 0.3 is 0 Å². The second-order valence-electron chi connectivity index (χ2n) is 7.82. The summed E-state index contributed by atoms with van der Waals surface area (Å²) in [6, 6.07) is 1.52. The number of carbonyl (C=O) groups is 3. The third-order valence-electron chi connectivity index (χ3n) is 6.17. The molecule has 1 aromatic rings. The molecule has 7 heteroatoms.